The molecular formula is C15H13N3O. The van der Waals surface area contributed by atoms with Crippen molar-refractivity contribution < 1.29 is 4.79 Å². The monoisotopic (exact) mass is 251 g/mol. The summed E-state index contributed by atoms with van der Waals surface area (Å²) in [5.41, 5.74) is 3.67. The molecular weight excluding hydrogens is 238 g/mol. The summed E-state index contributed by atoms with van der Waals surface area (Å²) in [6, 6.07) is 15.7. The molecule has 2 aromatic carbocycles. The zero-order valence-corrected chi connectivity index (χ0v) is 10.5. The number of anilines is 1. The highest BCUT2D eigenvalue weighted by Crippen LogP contribution is 2.28. The number of nitrogens with one attached hydrogen (secondary N) is 2. The highest BCUT2D eigenvalue weighted by Gasteiger charge is 2.08. The summed E-state index contributed by atoms with van der Waals surface area (Å²) < 4.78 is 0. The predicted molar refractivity (Wildman–Crippen MR) is 75.8 cm³/mol. The van der Waals surface area contributed by atoms with Crippen molar-refractivity contribution >= 4 is 22.5 Å². The van der Waals surface area contributed by atoms with E-state index in [1.54, 1.807) is 0 Å². The van der Waals surface area contributed by atoms with Crippen LogP contribution in [0.1, 0.15) is 6.92 Å². The molecule has 4 nitrogen and oxygen atoms in total. The predicted octanol–water partition coefficient (Wildman–Crippen LogP) is 3.19. The number of fused-ring (bicyclic) bond motifs is 1. The number of aromatic nitrogens is 2. The summed E-state index contributed by atoms with van der Waals surface area (Å²) in [4.78, 5) is 11.1. The number of carbonyl (C=O) groups is 1. The second-order valence-corrected chi connectivity index (χ2v) is 4.38. The minimum atomic E-state index is -0.0795. The lowest BCUT2D eigenvalue weighted by Gasteiger charge is -2.02. The molecule has 0 radical (unpaired) electrons. The smallest absolute Gasteiger partial charge is 0.221 e. The molecule has 0 atom stereocenters. The van der Waals surface area contributed by atoms with Crippen LogP contribution in [0.4, 0.5) is 5.69 Å². The van der Waals surface area contributed by atoms with Gasteiger partial charge < -0.3 is 5.32 Å². The molecule has 1 heterocycles. The van der Waals surface area contributed by atoms with Gasteiger partial charge in [0.05, 0.1) is 11.2 Å². The van der Waals surface area contributed by atoms with Crippen LogP contribution in [0.15, 0.2) is 48.5 Å². The minimum Gasteiger partial charge on any atom is -0.326 e. The van der Waals surface area contributed by atoms with Crippen molar-refractivity contribution in [2.45, 2.75) is 6.92 Å². The summed E-state index contributed by atoms with van der Waals surface area (Å²) in [5.74, 6) is -0.0795. The van der Waals surface area contributed by atoms with E-state index in [-0.39, 0.29) is 5.91 Å². The standard InChI is InChI=1S/C15H13N3O/c1-10(19)16-12-7-8-14-13(9-12)15(18-17-14)11-5-3-2-4-6-11/h2-9H,1H3,(H,16,19)(H,17,18). The third-order valence-electron chi connectivity index (χ3n) is 2.93. The zero-order valence-electron chi connectivity index (χ0n) is 10.5. The van der Waals surface area contributed by atoms with Crippen molar-refractivity contribution in [3.63, 3.8) is 0 Å². The fraction of sp³-hybridized carbons (Fsp3) is 0.0667. The molecule has 0 saturated heterocycles. The quantitative estimate of drug-likeness (QED) is 0.734. The normalized spacial score (nSPS) is 10.6. The number of hydrogen-bond donors (Lipinski definition) is 2. The van der Waals surface area contributed by atoms with Gasteiger partial charge in [-0.2, -0.15) is 5.10 Å². The summed E-state index contributed by atoms with van der Waals surface area (Å²) in [6.07, 6.45) is 0. The van der Waals surface area contributed by atoms with Gasteiger partial charge in [0.25, 0.3) is 0 Å². The number of benzene rings is 2. The van der Waals surface area contributed by atoms with Crippen molar-refractivity contribution in [3.8, 4) is 11.3 Å². The van der Waals surface area contributed by atoms with Crippen LogP contribution in [0.3, 0.4) is 0 Å². The molecule has 0 fully saturated rings. The van der Waals surface area contributed by atoms with Gasteiger partial charge in [-0.3, -0.25) is 9.89 Å². The number of amides is 1. The molecule has 19 heavy (non-hydrogen) atoms. The van der Waals surface area contributed by atoms with Crippen LogP contribution in [0.5, 0.6) is 0 Å². The number of hydrogen-bond acceptors (Lipinski definition) is 2. The minimum absolute atomic E-state index is 0.0795. The molecule has 0 aliphatic carbocycles. The van der Waals surface area contributed by atoms with Crippen molar-refractivity contribution in [3.05, 3.63) is 48.5 Å². The van der Waals surface area contributed by atoms with Crippen LogP contribution >= 0.6 is 0 Å². The first-order chi connectivity index (χ1) is 9.24. The fourth-order valence-corrected chi connectivity index (χ4v) is 2.11. The van der Waals surface area contributed by atoms with Gasteiger partial charge in [-0.25, -0.2) is 0 Å². The number of H-pyrrole nitrogens is 1. The molecule has 1 amide bonds. The average molecular weight is 251 g/mol. The van der Waals surface area contributed by atoms with Crippen molar-refractivity contribution in [2.75, 3.05) is 5.32 Å². The zero-order chi connectivity index (χ0) is 13.2. The fourth-order valence-electron chi connectivity index (χ4n) is 2.11. The Balaban J connectivity index is 2.13. The number of nitrogens with zero attached hydrogens (tertiary/aromatic N) is 1. The van der Waals surface area contributed by atoms with E-state index in [1.165, 1.54) is 6.92 Å². The van der Waals surface area contributed by atoms with E-state index in [0.717, 1.165) is 27.8 Å². The Kier molecular flexibility index (Phi) is 2.76. The van der Waals surface area contributed by atoms with Crippen LogP contribution in [-0.4, -0.2) is 16.1 Å². The first kappa shape index (κ1) is 11.5. The van der Waals surface area contributed by atoms with E-state index in [0.29, 0.717) is 0 Å². The highest BCUT2D eigenvalue weighted by atomic mass is 16.1. The van der Waals surface area contributed by atoms with Crippen molar-refractivity contribution in [1.82, 2.24) is 10.2 Å². The molecule has 3 rings (SSSR count). The second kappa shape index (κ2) is 4.57. The van der Waals surface area contributed by atoms with Crippen LogP contribution < -0.4 is 5.32 Å². The van der Waals surface area contributed by atoms with E-state index in [9.17, 15) is 4.79 Å². The second-order valence-electron chi connectivity index (χ2n) is 4.38. The molecule has 94 valence electrons. The van der Waals surface area contributed by atoms with Gasteiger partial charge in [0.1, 0.15) is 0 Å². The first-order valence-electron chi connectivity index (χ1n) is 6.05. The van der Waals surface area contributed by atoms with Crippen molar-refractivity contribution in [1.29, 1.82) is 0 Å². The van der Waals surface area contributed by atoms with E-state index in [4.69, 9.17) is 0 Å². The van der Waals surface area contributed by atoms with Crippen molar-refractivity contribution in [2.24, 2.45) is 0 Å². The van der Waals surface area contributed by atoms with Crippen LogP contribution in [0, 0.1) is 0 Å². The number of aromatic amines is 1. The summed E-state index contributed by atoms with van der Waals surface area (Å²) in [6.45, 7) is 1.50. The van der Waals surface area contributed by atoms with Gasteiger partial charge in [0.15, 0.2) is 0 Å². The Hall–Kier alpha value is -2.62. The maximum atomic E-state index is 11.1. The van der Waals surface area contributed by atoms with Gasteiger partial charge >= 0.3 is 0 Å². The van der Waals surface area contributed by atoms with Gasteiger partial charge in [0, 0.05) is 23.6 Å². The SMILES string of the molecule is CC(=O)Nc1ccc2[nH]nc(-c3ccccc3)c2c1. The van der Waals surface area contributed by atoms with Gasteiger partial charge in [-0.05, 0) is 18.2 Å². The molecule has 4 heteroatoms. The Morgan fingerprint density at radius 2 is 1.95 bits per heavy atom. The van der Waals surface area contributed by atoms with Crippen LogP contribution in [0.25, 0.3) is 22.2 Å². The largest absolute Gasteiger partial charge is 0.326 e. The number of rotatable bonds is 2. The third-order valence-corrected chi connectivity index (χ3v) is 2.93. The van der Waals surface area contributed by atoms with Gasteiger partial charge in [0.2, 0.25) is 5.91 Å². The Bertz CT molecular complexity index is 731. The molecule has 1 aromatic heterocycles. The molecule has 2 N–H and O–H groups in total. The lowest BCUT2D eigenvalue weighted by Crippen LogP contribution is -2.05. The van der Waals surface area contributed by atoms with E-state index >= 15 is 0 Å². The average Bonchev–Trinajstić information content (AvgIpc) is 2.82. The maximum Gasteiger partial charge on any atom is 0.221 e. The summed E-state index contributed by atoms with van der Waals surface area (Å²) in [5, 5.41) is 11.1. The van der Waals surface area contributed by atoms with E-state index in [1.807, 2.05) is 48.5 Å². The molecule has 0 aliphatic heterocycles. The van der Waals surface area contributed by atoms with Gasteiger partial charge in [-0.15, -0.1) is 0 Å². The van der Waals surface area contributed by atoms with Crippen LogP contribution in [0.2, 0.25) is 0 Å². The first-order valence-corrected chi connectivity index (χ1v) is 6.05. The Morgan fingerprint density at radius 3 is 2.68 bits per heavy atom. The maximum absolute atomic E-state index is 11.1. The lowest BCUT2D eigenvalue weighted by atomic mass is 10.1. The molecule has 0 unspecified atom stereocenters. The van der Waals surface area contributed by atoms with Crippen LogP contribution in [-0.2, 0) is 4.79 Å². The molecule has 0 saturated carbocycles. The molecule has 3 aromatic rings. The lowest BCUT2D eigenvalue weighted by molar-refractivity contribution is -0.114. The molecule has 0 aliphatic rings. The molecule has 0 bridgehead atoms. The van der Waals surface area contributed by atoms with E-state index in [2.05, 4.69) is 15.5 Å². The molecule has 0 spiro atoms. The Morgan fingerprint density at radius 1 is 1.16 bits per heavy atom. The number of carbonyl (C=O) groups excluding carboxylic acids is 1. The highest BCUT2D eigenvalue weighted by molar-refractivity contribution is 5.97. The summed E-state index contributed by atoms with van der Waals surface area (Å²) in [7, 11) is 0. The topological polar surface area (TPSA) is 57.8 Å². The summed E-state index contributed by atoms with van der Waals surface area (Å²) >= 11 is 0. The van der Waals surface area contributed by atoms with Gasteiger partial charge in [-0.1, -0.05) is 30.3 Å². The van der Waals surface area contributed by atoms with E-state index < -0.39 is 0 Å². The Labute approximate surface area is 110 Å². The third kappa shape index (κ3) is 2.20.